The summed E-state index contributed by atoms with van der Waals surface area (Å²) in [5.74, 6) is -1.05. The fraction of sp³-hybridized carbons (Fsp3) is 0.727. The van der Waals surface area contributed by atoms with Crippen LogP contribution in [-0.2, 0) is 6.42 Å². The largest absolute Gasteiger partial charge is 0.475 e. The lowest BCUT2D eigenvalue weighted by molar-refractivity contribution is 0.0680. The first-order valence-electron chi connectivity index (χ1n) is 5.91. The summed E-state index contributed by atoms with van der Waals surface area (Å²) in [5.41, 5.74) is 5.86. The summed E-state index contributed by atoms with van der Waals surface area (Å²) in [5, 5.41) is 12.1. The summed E-state index contributed by atoms with van der Waals surface area (Å²) in [6.07, 6.45) is 6.26. The van der Waals surface area contributed by atoms with Crippen molar-refractivity contribution in [1.82, 2.24) is 10.1 Å². The molecule has 2 rings (SSSR count). The molecule has 94 valence electrons. The minimum atomic E-state index is -1.16. The Labute approximate surface area is 99.2 Å². The van der Waals surface area contributed by atoms with Crippen molar-refractivity contribution < 1.29 is 14.4 Å². The highest BCUT2D eigenvalue weighted by atomic mass is 16.5. The van der Waals surface area contributed by atoms with Gasteiger partial charge in [-0.3, -0.25) is 0 Å². The van der Waals surface area contributed by atoms with E-state index in [1.165, 1.54) is 6.42 Å². The quantitative estimate of drug-likeness (QED) is 0.819. The molecule has 1 aromatic heterocycles. The highest BCUT2D eigenvalue weighted by Crippen LogP contribution is 2.37. The van der Waals surface area contributed by atoms with E-state index in [1.807, 2.05) is 0 Å². The van der Waals surface area contributed by atoms with Gasteiger partial charge < -0.3 is 15.4 Å². The number of rotatable bonds is 4. The average molecular weight is 239 g/mol. The van der Waals surface area contributed by atoms with Crippen LogP contribution < -0.4 is 5.73 Å². The molecule has 6 heteroatoms. The predicted molar refractivity (Wildman–Crippen MR) is 59.5 cm³/mol. The molecule has 1 aliphatic rings. The van der Waals surface area contributed by atoms with Gasteiger partial charge in [-0.2, -0.15) is 4.98 Å². The van der Waals surface area contributed by atoms with Crippen molar-refractivity contribution in [1.29, 1.82) is 0 Å². The molecule has 0 aliphatic heterocycles. The first kappa shape index (κ1) is 12.0. The van der Waals surface area contributed by atoms with Crippen molar-refractivity contribution in [2.24, 2.45) is 11.1 Å². The van der Waals surface area contributed by atoms with Gasteiger partial charge in [-0.15, -0.1) is 0 Å². The Kier molecular flexibility index (Phi) is 3.42. The van der Waals surface area contributed by atoms with Crippen LogP contribution in [0.1, 0.15) is 48.6 Å². The first-order valence-corrected chi connectivity index (χ1v) is 5.91. The molecule has 3 N–H and O–H groups in total. The Morgan fingerprint density at radius 3 is 2.65 bits per heavy atom. The van der Waals surface area contributed by atoms with Gasteiger partial charge in [0.15, 0.2) is 0 Å². The van der Waals surface area contributed by atoms with Crippen LogP contribution in [0, 0.1) is 5.41 Å². The Hall–Kier alpha value is -1.43. The van der Waals surface area contributed by atoms with Crippen LogP contribution in [0.15, 0.2) is 4.52 Å². The summed E-state index contributed by atoms with van der Waals surface area (Å²) in [4.78, 5) is 14.5. The van der Waals surface area contributed by atoms with Gasteiger partial charge in [0.05, 0.1) is 0 Å². The van der Waals surface area contributed by atoms with Gasteiger partial charge in [-0.1, -0.05) is 19.3 Å². The van der Waals surface area contributed by atoms with Gasteiger partial charge in [-0.05, 0) is 30.0 Å². The molecule has 1 fully saturated rings. The number of hydrogen-bond acceptors (Lipinski definition) is 5. The minimum Gasteiger partial charge on any atom is -0.475 e. The number of carboxylic acid groups (broad SMARTS) is 1. The molecular formula is C11H17N3O3. The molecule has 0 aromatic carbocycles. The molecular weight excluding hydrogens is 222 g/mol. The van der Waals surface area contributed by atoms with Crippen LogP contribution in [-0.4, -0.2) is 27.8 Å². The normalized spacial score (nSPS) is 19.1. The zero-order valence-corrected chi connectivity index (χ0v) is 9.69. The smallest absolute Gasteiger partial charge is 0.377 e. The number of nitrogens with zero attached hydrogens (tertiary/aromatic N) is 2. The van der Waals surface area contributed by atoms with Crippen molar-refractivity contribution in [2.45, 2.75) is 38.5 Å². The first-order chi connectivity index (χ1) is 8.15. The topological polar surface area (TPSA) is 102 Å². The van der Waals surface area contributed by atoms with E-state index in [1.54, 1.807) is 0 Å². The van der Waals surface area contributed by atoms with Gasteiger partial charge in [-0.25, -0.2) is 4.79 Å². The van der Waals surface area contributed by atoms with Crippen LogP contribution in [0.25, 0.3) is 0 Å². The number of carboxylic acids is 1. The fourth-order valence-electron chi connectivity index (χ4n) is 2.49. The van der Waals surface area contributed by atoms with Crippen molar-refractivity contribution in [2.75, 3.05) is 6.54 Å². The Morgan fingerprint density at radius 1 is 1.41 bits per heavy atom. The molecule has 0 amide bonds. The summed E-state index contributed by atoms with van der Waals surface area (Å²) in [7, 11) is 0. The molecule has 17 heavy (non-hydrogen) atoms. The van der Waals surface area contributed by atoms with E-state index in [0.29, 0.717) is 18.9 Å². The number of aromatic nitrogens is 2. The molecule has 6 nitrogen and oxygen atoms in total. The second-order valence-electron chi connectivity index (χ2n) is 4.76. The lowest BCUT2D eigenvalue weighted by atomic mass is 9.72. The Morgan fingerprint density at radius 2 is 2.12 bits per heavy atom. The number of nitrogens with two attached hydrogens (primary N) is 1. The molecule has 1 aliphatic carbocycles. The van der Waals surface area contributed by atoms with Crippen LogP contribution in [0.2, 0.25) is 0 Å². The third kappa shape index (κ3) is 2.63. The third-order valence-corrected chi connectivity index (χ3v) is 3.53. The maximum atomic E-state index is 10.6. The second kappa shape index (κ2) is 4.83. The lowest BCUT2D eigenvalue weighted by Gasteiger charge is -2.34. The van der Waals surface area contributed by atoms with Crippen molar-refractivity contribution in [3.05, 3.63) is 11.7 Å². The second-order valence-corrected chi connectivity index (χ2v) is 4.76. The van der Waals surface area contributed by atoms with Crippen molar-refractivity contribution in [3.63, 3.8) is 0 Å². The third-order valence-electron chi connectivity index (χ3n) is 3.53. The van der Waals surface area contributed by atoms with Crippen molar-refractivity contribution in [3.8, 4) is 0 Å². The molecule has 1 heterocycles. The van der Waals surface area contributed by atoms with E-state index in [2.05, 4.69) is 10.1 Å². The van der Waals surface area contributed by atoms with Gasteiger partial charge in [0.25, 0.3) is 5.82 Å². The number of hydrogen-bond donors (Lipinski definition) is 2. The van der Waals surface area contributed by atoms with E-state index in [4.69, 9.17) is 15.4 Å². The zero-order chi connectivity index (χ0) is 12.3. The predicted octanol–water partition coefficient (Wildman–Crippen LogP) is 1.22. The monoisotopic (exact) mass is 239 g/mol. The van der Waals surface area contributed by atoms with Gasteiger partial charge in [0.2, 0.25) is 5.89 Å². The van der Waals surface area contributed by atoms with Crippen molar-refractivity contribution >= 4 is 5.97 Å². The number of carbonyl (C=O) groups is 1. The van der Waals surface area contributed by atoms with Crippen LogP contribution >= 0.6 is 0 Å². The minimum absolute atomic E-state index is 0.0144. The Bertz CT molecular complexity index is 396. The van der Waals surface area contributed by atoms with E-state index < -0.39 is 5.97 Å². The van der Waals surface area contributed by atoms with Gasteiger partial charge in [0.1, 0.15) is 0 Å². The van der Waals surface area contributed by atoms with Crippen LogP contribution in [0.5, 0.6) is 0 Å². The molecule has 0 spiro atoms. The lowest BCUT2D eigenvalue weighted by Crippen LogP contribution is -2.35. The summed E-state index contributed by atoms with van der Waals surface area (Å²) >= 11 is 0. The molecule has 0 saturated heterocycles. The highest BCUT2D eigenvalue weighted by molar-refractivity contribution is 5.82. The Balaban J connectivity index is 2.09. The summed E-state index contributed by atoms with van der Waals surface area (Å²) < 4.78 is 4.96. The van der Waals surface area contributed by atoms with Gasteiger partial charge >= 0.3 is 5.97 Å². The fourth-order valence-corrected chi connectivity index (χ4v) is 2.49. The van der Waals surface area contributed by atoms with E-state index >= 15 is 0 Å². The zero-order valence-electron chi connectivity index (χ0n) is 9.69. The molecule has 0 bridgehead atoms. The van der Waals surface area contributed by atoms with Crippen LogP contribution in [0.3, 0.4) is 0 Å². The van der Waals surface area contributed by atoms with E-state index in [-0.39, 0.29) is 11.2 Å². The van der Waals surface area contributed by atoms with Gasteiger partial charge in [0, 0.05) is 6.42 Å². The maximum absolute atomic E-state index is 10.6. The van der Waals surface area contributed by atoms with E-state index in [9.17, 15) is 4.79 Å². The highest BCUT2D eigenvalue weighted by Gasteiger charge is 2.33. The molecule has 0 atom stereocenters. The van der Waals surface area contributed by atoms with Crippen LogP contribution in [0.4, 0.5) is 0 Å². The maximum Gasteiger partial charge on any atom is 0.377 e. The van der Waals surface area contributed by atoms with E-state index in [0.717, 1.165) is 25.7 Å². The molecule has 1 aromatic rings. The molecule has 0 radical (unpaired) electrons. The molecule has 1 saturated carbocycles. The summed E-state index contributed by atoms with van der Waals surface area (Å²) in [6, 6.07) is 0. The molecule has 0 unspecified atom stereocenters. The standard InChI is InChI=1S/C11H17N3O3/c12-7-11(4-2-1-3-5-11)6-8-13-9(10(15)16)14-17-8/h1-7,12H2,(H,15,16). The summed E-state index contributed by atoms with van der Waals surface area (Å²) in [6.45, 7) is 0.581. The SMILES string of the molecule is NCC1(Cc2nc(C(=O)O)no2)CCCCC1. The number of aromatic carboxylic acids is 1. The average Bonchev–Trinajstić information content (AvgIpc) is 2.79.